The van der Waals surface area contributed by atoms with Crippen molar-refractivity contribution in [3.8, 4) is 6.07 Å². The van der Waals surface area contributed by atoms with Crippen molar-refractivity contribution >= 4 is 39.0 Å². The third kappa shape index (κ3) is 6.01. The van der Waals surface area contributed by atoms with Crippen molar-refractivity contribution in [1.82, 2.24) is 15.2 Å². The van der Waals surface area contributed by atoms with Gasteiger partial charge in [-0.15, -0.1) is 0 Å². The first-order valence-corrected chi connectivity index (χ1v) is 14.8. The van der Waals surface area contributed by atoms with Gasteiger partial charge < -0.3 is 20.5 Å². The van der Waals surface area contributed by atoms with Crippen molar-refractivity contribution in [2.45, 2.75) is 38.3 Å². The second-order valence-corrected chi connectivity index (χ2v) is 11.7. The first-order valence-electron chi connectivity index (χ1n) is 13.2. The van der Waals surface area contributed by atoms with E-state index in [-0.39, 0.29) is 22.5 Å². The zero-order valence-electron chi connectivity index (χ0n) is 23.1. The van der Waals surface area contributed by atoms with Gasteiger partial charge in [0.05, 0.1) is 33.4 Å². The molecular formula is C30H33N5O4S. The normalized spacial score (nSPS) is 13.8. The predicted molar refractivity (Wildman–Crippen MR) is 155 cm³/mol. The molecule has 10 heteroatoms. The quantitative estimate of drug-likeness (QED) is 0.321. The van der Waals surface area contributed by atoms with Gasteiger partial charge >= 0.3 is 0 Å². The van der Waals surface area contributed by atoms with Gasteiger partial charge in [0, 0.05) is 35.7 Å². The van der Waals surface area contributed by atoms with E-state index in [0.29, 0.717) is 57.0 Å². The van der Waals surface area contributed by atoms with Crippen LogP contribution in [-0.4, -0.2) is 56.3 Å². The van der Waals surface area contributed by atoms with Crippen LogP contribution in [0.1, 0.15) is 57.8 Å². The highest BCUT2D eigenvalue weighted by Gasteiger charge is 2.28. The lowest BCUT2D eigenvalue weighted by Gasteiger charge is -2.18. The number of amides is 2. The van der Waals surface area contributed by atoms with E-state index in [1.165, 1.54) is 12.1 Å². The van der Waals surface area contributed by atoms with Crippen LogP contribution in [0.4, 0.5) is 5.69 Å². The van der Waals surface area contributed by atoms with Crippen LogP contribution in [0.3, 0.4) is 0 Å². The van der Waals surface area contributed by atoms with E-state index in [1.54, 1.807) is 36.4 Å². The number of aromatic amines is 1. The fourth-order valence-corrected chi connectivity index (χ4v) is 6.21. The van der Waals surface area contributed by atoms with Crippen LogP contribution in [0.2, 0.25) is 0 Å². The predicted octanol–water partition coefficient (Wildman–Crippen LogP) is 4.04. The average molecular weight is 560 g/mol. The molecule has 208 valence electrons. The van der Waals surface area contributed by atoms with E-state index < -0.39 is 9.84 Å². The molecular weight excluding hydrogens is 526 g/mol. The summed E-state index contributed by atoms with van der Waals surface area (Å²) in [6, 6.07) is 13.0. The summed E-state index contributed by atoms with van der Waals surface area (Å²) in [7, 11) is -3.72. The molecule has 0 atom stereocenters. The third-order valence-corrected chi connectivity index (χ3v) is 8.86. The summed E-state index contributed by atoms with van der Waals surface area (Å²) in [6.07, 6.45) is 1.66. The van der Waals surface area contributed by atoms with Gasteiger partial charge in [0.1, 0.15) is 0 Å². The molecule has 0 radical (unpaired) electrons. The zero-order valence-corrected chi connectivity index (χ0v) is 23.9. The third-order valence-electron chi connectivity index (χ3n) is 7.17. The number of nitrogens with zero attached hydrogens (tertiary/aromatic N) is 2. The molecule has 2 amide bonds. The van der Waals surface area contributed by atoms with Crippen LogP contribution in [-0.2, 0) is 20.4 Å². The molecule has 0 bridgehead atoms. The number of carbonyl (C=O) groups excluding carboxylic acids is 2. The lowest BCUT2D eigenvalue weighted by molar-refractivity contribution is -0.110. The smallest absolute Gasteiger partial charge is 0.256 e. The van der Waals surface area contributed by atoms with Gasteiger partial charge in [0.15, 0.2) is 9.84 Å². The zero-order chi connectivity index (χ0) is 29.0. The van der Waals surface area contributed by atoms with Gasteiger partial charge in [0.25, 0.3) is 11.8 Å². The molecule has 3 aromatic rings. The van der Waals surface area contributed by atoms with E-state index >= 15 is 0 Å². The summed E-state index contributed by atoms with van der Waals surface area (Å²) >= 11 is 0. The lowest BCUT2D eigenvalue weighted by atomic mass is 10.0. The van der Waals surface area contributed by atoms with Gasteiger partial charge in [-0.2, -0.15) is 5.26 Å². The maximum absolute atomic E-state index is 13.2. The average Bonchev–Trinajstić information content (AvgIpc) is 3.40. The van der Waals surface area contributed by atoms with E-state index in [1.807, 2.05) is 19.9 Å². The molecule has 0 aliphatic carbocycles. The highest BCUT2D eigenvalue weighted by atomic mass is 32.2. The van der Waals surface area contributed by atoms with Crippen LogP contribution in [0, 0.1) is 25.2 Å². The number of sulfone groups is 1. The van der Waals surface area contributed by atoms with Crippen LogP contribution >= 0.6 is 0 Å². The largest absolute Gasteiger partial charge is 0.358 e. The number of fused-ring (bicyclic) bond motifs is 1. The van der Waals surface area contributed by atoms with Crippen molar-refractivity contribution in [3.05, 3.63) is 81.7 Å². The van der Waals surface area contributed by atoms with Gasteiger partial charge in [0.2, 0.25) is 0 Å². The minimum Gasteiger partial charge on any atom is -0.358 e. The number of aryl methyl sites for hydroxylation is 1. The van der Waals surface area contributed by atoms with Crippen molar-refractivity contribution in [1.29, 1.82) is 5.26 Å². The molecule has 0 fully saturated rings. The topological polar surface area (TPSA) is 135 Å². The molecule has 4 rings (SSSR count). The number of rotatable bonds is 10. The molecule has 2 heterocycles. The Morgan fingerprint density at radius 3 is 2.45 bits per heavy atom. The van der Waals surface area contributed by atoms with E-state index in [2.05, 4.69) is 34.4 Å². The fourth-order valence-electron chi connectivity index (χ4n) is 4.84. The van der Waals surface area contributed by atoms with Gasteiger partial charge in [-0.05, 0) is 74.5 Å². The van der Waals surface area contributed by atoms with Crippen molar-refractivity contribution < 1.29 is 18.0 Å². The highest BCUT2D eigenvalue weighted by Crippen LogP contribution is 2.36. The van der Waals surface area contributed by atoms with Crippen LogP contribution in [0.15, 0.2) is 47.4 Å². The van der Waals surface area contributed by atoms with Crippen molar-refractivity contribution in [2.24, 2.45) is 0 Å². The molecule has 0 spiro atoms. The minimum absolute atomic E-state index is 0.0886. The van der Waals surface area contributed by atoms with Gasteiger partial charge in [-0.25, -0.2) is 8.42 Å². The molecule has 0 saturated heterocycles. The molecule has 0 saturated carbocycles. The number of benzene rings is 2. The molecule has 3 N–H and O–H groups in total. The van der Waals surface area contributed by atoms with E-state index in [0.717, 1.165) is 19.6 Å². The number of likely N-dealkylation sites (N-methyl/N-ethyl adjacent to an activating group) is 1. The van der Waals surface area contributed by atoms with Crippen LogP contribution in [0.25, 0.3) is 11.6 Å². The molecule has 0 unspecified atom stereocenters. The monoisotopic (exact) mass is 559 g/mol. The first kappa shape index (κ1) is 28.8. The molecule has 1 aliphatic rings. The Labute approximate surface area is 234 Å². The molecule has 40 heavy (non-hydrogen) atoms. The number of H-pyrrole nitrogens is 1. The van der Waals surface area contributed by atoms with E-state index in [4.69, 9.17) is 5.26 Å². The van der Waals surface area contributed by atoms with Gasteiger partial charge in [-0.1, -0.05) is 26.0 Å². The number of nitrogens with one attached hydrogen (secondary N) is 3. The van der Waals surface area contributed by atoms with Crippen molar-refractivity contribution in [2.75, 3.05) is 31.5 Å². The molecule has 2 aromatic carbocycles. The Hall–Kier alpha value is -4.20. The Morgan fingerprint density at radius 2 is 1.80 bits per heavy atom. The summed E-state index contributed by atoms with van der Waals surface area (Å²) in [5.41, 5.74) is 4.84. The Kier molecular flexibility index (Phi) is 8.57. The summed E-state index contributed by atoms with van der Waals surface area (Å²) in [5.74, 6) is -0.774. The van der Waals surface area contributed by atoms with Crippen molar-refractivity contribution in [3.63, 3.8) is 0 Å². The maximum Gasteiger partial charge on any atom is 0.256 e. The number of nitriles is 1. The molecule has 1 aliphatic heterocycles. The van der Waals surface area contributed by atoms with E-state index in [9.17, 15) is 18.0 Å². The lowest BCUT2D eigenvalue weighted by Crippen LogP contribution is -2.35. The number of hydrogen-bond acceptors (Lipinski definition) is 6. The Balaban J connectivity index is 1.60. The second-order valence-electron chi connectivity index (χ2n) is 9.73. The summed E-state index contributed by atoms with van der Waals surface area (Å²) < 4.78 is 26.4. The summed E-state index contributed by atoms with van der Waals surface area (Å²) in [6.45, 7) is 10.9. The van der Waals surface area contributed by atoms with Gasteiger partial charge in [-0.3, -0.25) is 9.59 Å². The highest BCUT2D eigenvalue weighted by molar-refractivity contribution is 7.90. The Morgan fingerprint density at radius 1 is 1.10 bits per heavy atom. The first-order chi connectivity index (χ1) is 19.1. The van der Waals surface area contributed by atoms with Crippen LogP contribution < -0.4 is 10.6 Å². The Bertz CT molecular complexity index is 1630. The number of aromatic nitrogens is 1. The molecule has 9 nitrogen and oxygen atoms in total. The fraction of sp³-hybridized carbons (Fsp3) is 0.300. The standard InChI is InChI=1S/C30H33N5O4S/c1-5-35(6-2)14-13-32-30(37)28-19(3)27(33-20(28)4)16-25-24-15-23(11-12-26(24)34-29(25)36)40(38,39)18-22-9-7-21(17-31)8-10-22/h7-12,15-16,33H,5-6,13-14,18H2,1-4H3,(H,32,37)(H,34,36)/b25-16-. The maximum atomic E-state index is 13.2. The summed E-state index contributed by atoms with van der Waals surface area (Å²) in [5, 5.41) is 14.8. The SMILES string of the molecule is CCN(CC)CCNC(=O)c1c(C)[nH]c(/C=C2\C(=O)Nc3ccc(S(=O)(=O)Cc4ccc(C#N)cc4)cc32)c1C. The van der Waals surface area contributed by atoms with Crippen LogP contribution in [0.5, 0.6) is 0 Å². The number of carbonyl (C=O) groups is 2. The molecule has 1 aromatic heterocycles. The summed E-state index contributed by atoms with van der Waals surface area (Å²) in [4.78, 5) is 31.4. The number of anilines is 1. The second kappa shape index (κ2) is 11.9. The number of hydrogen-bond donors (Lipinski definition) is 3. The minimum atomic E-state index is -3.72.